The van der Waals surface area contributed by atoms with E-state index in [9.17, 15) is 19.7 Å². The fraction of sp³-hybridized carbons (Fsp3) is 0.0455. The smallest absolute Gasteiger partial charge is 0.295 e. The van der Waals surface area contributed by atoms with E-state index in [0.29, 0.717) is 22.6 Å². The van der Waals surface area contributed by atoms with Gasteiger partial charge in [-0.3, -0.25) is 19.7 Å². The molecule has 0 aliphatic carbocycles. The number of hydrogen-bond donors (Lipinski definition) is 3. The predicted molar refractivity (Wildman–Crippen MR) is 118 cm³/mol. The average molecular weight is 415 g/mol. The molecule has 0 unspecified atom stereocenters. The zero-order valence-electron chi connectivity index (χ0n) is 16.4. The van der Waals surface area contributed by atoms with Crippen molar-refractivity contribution < 1.29 is 9.72 Å². The zero-order valence-corrected chi connectivity index (χ0v) is 16.4. The molecule has 0 radical (unpaired) electrons. The SMILES string of the molecule is Cc1ccc(C(=O)Nc2ccc(Nc3ccc([N+](=O)[O-])c4nc[nH]c(=O)c34)cc2)cc1. The van der Waals surface area contributed by atoms with Crippen LogP contribution >= 0.6 is 0 Å². The number of nitrogens with one attached hydrogen (secondary N) is 3. The molecule has 31 heavy (non-hydrogen) atoms. The van der Waals surface area contributed by atoms with Gasteiger partial charge in [0.1, 0.15) is 0 Å². The van der Waals surface area contributed by atoms with Gasteiger partial charge in [-0.05, 0) is 49.4 Å². The minimum Gasteiger partial charge on any atom is -0.355 e. The third-order valence-corrected chi connectivity index (χ3v) is 4.71. The summed E-state index contributed by atoms with van der Waals surface area (Å²) in [5, 5.41) is 17.2. The van der Waals surface area contributed by atoms with Crippen molar-refractivity contribution in [1.82, 2.24) is 9.97 Å². The van der Waals surface area contributed by atoms with Crippen LogP contribution in [0.25, 0.3) is 10.9 Å². The molecule has 0 bridgehead atoms. The van der Waals surface area contributed by atoms with Crippen LogP contribution in [0.3, 0.4) is 0 Å². The molecular formula is C22H17N5O4. The Morgan fingerprint density at radius 2 is 1.68 bits per heavy atom. The molecule has 0 saturated heterocycles. The maximum absolute atomic E-state index is 12.3. The van der Waals surface area contributed by atoms with Crippen LogP contribution < -0.4 is 16.2 Å². The van der Waals surface area contributed by atoms with E-state index in [4.69, 9.17) is 0 Å². The van der Waals surface area contributed by atoms with Crippen LogP contribution in [-0.4, -0.2) is 20.8 Å². The standard InChI is InChI=1S/C22H17N5O4/c1-13-2-4-14(5-3-13)21(28)26-16-8-6-15(7-9-16)25-17-10-11-18(27(30)31)20-19(17)22(29)24-12-23-20/h2-12,25H,1H3,(H,26,28)(H,23,24,29). The highest BCUT2D eigenvalue weighted by molar-refractivity contribution is 6.04. The van der Waals surface area contributed by atoms with Gasteiger partial charge in [-0.1, -0.05) is 17.7 Å². The van der Waals surface area contributed by atoms with Crippen LogP contribution in [0.2, 0.25) is 0 Å². The number of carbonyl (C=O) groups is 1. The van der Waals surface area contributed by atoms with E-state index in [-0.39, 0.29) is 22.5 Å². The fourth-order valence-electron chi connectivity index (χ4n) is 3.12. The third-order valence-electron chi connectivity index (χ3n) is 4.71. The van der Waals surface area contributed by atoms with Gasteiger partial charge in [-0.15, -0.1) is 0 Å². The van der Waals surface area contributed by atoms with E-state index >= 15 is 0 Å². The second-order valence-electron chi connectivity index (χ2n) is 6.87. The van der Waals surface area contributed by atoms with Gasteiger partial charge >= 0.3 is 0 Å². The number of nitro groups is 1. The average Bonchev–Trinajstić information content (AvgIpc) is 2.75. The second kappa shape index (κ2) is 8.07. The van der Waals surface area contributed by atoms with E-state index in [1.165, 1.54) is 12.1 Å². The van der Waals surface area contributed by atoms with Crippen molar-refractivity contribution in [3.63, 3.8) is 0 Å². The van der Waals surface area contributed by atoms with Crippen LogP contribution in [0.1, 0.15) is 15.9 Å². The predicted octanol–water partition coefficient (Wildman–Crippen LogP) is 4.14. The molecule has 4 aromatic rings. The lowest BCUT2D eigenvalue weighted by molar-refractivity contribution is -0.383. The highest BCUT2D eigenvalue weighted by atomic mass is 16.6. The molecule has 0 fully saturated rings. The summed E-state index contributed by atoms with van der Waals surface area (Å²) in [5.74, 6) is -0.223. The van der Waals surface area contributed by atoms with Gasteiger partial charge in [-0.25, -0.2) is 4.98 Å². The number of hydrogen-bond acceptors (Lipinski definition) is 6. The number of aryl methyl sites for hydroxylation is 1. The highest BCUT2D eigenvalue weighted by Crippen LogP contribution is 2.29. The largest absolute Gasteiger partial charge is 0.355 e. The molecule has 0 saturated carbocycles. The van der Waals surface area contributed by atoms with Crippen molar-refractivity contribution in [3.8, 4) is 0 Å². The molecule has 1 amide bonds. The third kappa shape index (κ3) is 4.10. The summed E-state index contributed by atoms with van der Waals surface area (Å²) in [5.41, 5.74) is 2.50. The first-order valence-electron chi connectivity index (χ1n) is 9.32. The van der Waals surface area contributed by atoms with Gasteiger partial charge in [-0.2, -0.15) is 0 Å². The number of amides is 1. The molecule has 3 aromatic carbocycles. The topological polar surface area (TPSA) is 130 Å². The fourth-order valence-corrected chi connectivity index (χ4v) is 3.12. The van der Waals surface area contributed by atoms with E-state index < -0.39 is 10.5 Å². The summed E-state index contributed by atoms with van der Waals surface area (Å²) in [6.45, 7) is 1.95. The second-order valence-corrected chi connectivity index (χ2v) is 6.87. The number of benzene rings is 3. The Morgan fingerprint density at radius 3 is 2.35 bits per heavy atom. The van der Waals surface area contributed by atoms with Gasteiger partial charge in [0, 0.05) is 23.0 Å². The van der Waals surface area contributed by atoms with Crippen LogP contribution in [0.4, 0.5) is 22.7 Å². The van der Waals surface area contributed by atoms with Crippen molar-refractivity contribution >= 4 is 39.6 Å². The zero-order chi connectivity index (χ0) is 22.0. The summed E-state index contributed by atoms with van der Waals surface area (Å²) in [6.07, 6.45) is 1.13. The molecule has 0 spiro atoms. The van der Waals surface area contributed by atoms with Crippen molar-refractivity contribution in [2.75, 3.05) is 10.6 Å². The minimum absolute atomic E-state index is 0.000677. The van der Waals surface area contributed by atoms with Gasteiger partial charge in [0.2, 0.25) is 0 Å². The van der Waals surface area contributed by atoms with Crippen molar-refractivity contribution in [3.05, 3.63) is 98.6 Å². The molecular weight excluding hydrogens is 398 g/mol. The molecule has 154 valence electrons. The van der Waals surface area contributed by atoms with Crippen LogP contribution in [0.15, 0.2) is 71.8 Å². The number of aromatic amines is 1. The van der Waals surface area contributed by atoms with Crippen molar-refractivity contribution in [2.24, 2.45) is 0 Å². The number of anilines is 3. The number of carbonyl (C=O) groups excluding carboxylic acids is 1. The van der Waals surface area contributed by atoms with Crippen LogP contribution in [0.5, 0.6) is 0 Å². The molecule has 1 aromatic heterocycles. The quantitative estimate of drug-likeness (QED) is 0.332. The summed E-state index contributed by atoms with van der Waals surface area (Å²) in [4.78, 5) is 41.7. The molecule has 0 aliphatic rings. The van der Waals surface area contributed by atoms with E-state index in [2.05, 4.69) is 20.6 Å². The highest BCUT2D eigenvalue weighted by Gasteiger charge is 2.18. The monoisotopic (exact) mass is 415 g/mol. The minimum atomic E-state index is -0.579. The van der Waals surface area contributed by atoms with Gasteiger partial charge in [0.05, 0.1) is 22.3 Å². The normalized spacial score (nSPS) is 10.6. The first-order chi connectivity index (χ1) is 14.9. The number of aromatic nitrogens is 2. The first-order valence-corrected chi connectivity index (χ1v) is 9.32. The summed E-state index contributed by atoms with van der Waals surface area (Å²) < 4.78 is 0. The van der Waals surface area contributed by atoms with Crippen molar-refractivity contribution in [1.29, 1.82) is 0 Å². The number of nitro benzene ring substituents is 1. The summed E-state index contributed by atoms with van der Waals surface area (Å²) in [7, 11) is 0. The van der Waals surface area contributed by atoms with Crippen molar-refractivity contribution in [2.45, 2.75) is 6.92 Å². The molecule has 9 nitrogen and oxygen atoms in total. The van der Waals surface area contributed by atoms with E-state index in [1.54, 1.807) is 36.4 Å². The Labute approximate surface area is 175 Å². The summed E-state index contributed by atoms with van der Waals surface area (Å²) >= 11 is 0. The maximum Gasteiger partial charge on any atom is 0.295 e. The number of rotatable bonds is 5. The molecule has 0 atom stereocenters. The molecule has 0 aliphatic heterocycles. The number of fused-ring (bicyclic) bond motifs is 1. The number of nitrogens with zero attached hydrogens (tertiary/aromatic N) is 2. The van der Waals surface area contributed by atoms with Gasteiger partial charge < -0.3 is 15.6 Å². The molecule has 4 rings (SSSR count). The Bertz CT molecular complexity index is 1350. The van der Waals surface area contributed by atoms with Gasteiger partial charge in [0.25, 0.3) is 17.2 Å². The Balaban J connectivity index is 1.57. The first kappa shape index (κ1) is 19.8. The van der Waals surface area contributed by atoms with E-state index in [1.807, 2.05) is 19.1 Å². The van der Waals surface area contributed by atoms with E-state index in [0.717, 1.165) is 11.9 Å². The Hall–Kier alpha value is -4.53. The lowest BCUT2D eigenvalue weighted by atomic mass is 10.1. The lowest BCUT2D eigenvalue weighted by Crippen LogP contribution is -2.12. The van der Waals surface area contributed by atoms with Gasteiger partial charge in [0.15, 0.2) is 5.52 Å². The number of H-pyrrole nitrogens is 1. The lowest BCUT2D eigenvalue weighted by Gasteiger charge is -2.10. The maximum atomic E-state index is 12.3. The van der Waals surface area contributed by atoms with Crippen LogP contribution in [-0.2, 0) is 0 Å². The van der Waals surface area contributed by atoms with Crippen LogP contribution in [0, 0.1) is 17.0 Å². The Kier molecular flexibility index (Phi) is 5.15. The number of non-ortho nitro benzene ring substituents is 1. The molecule has 9 heteroatoms. The molecule has 1 heterocycles. The Morgan fingerprint density at radius 1 is 1.00 bits per heavy atom. The summed E-state index contributed by atoms with van der Waals surface area (Å²) in [6, 6.07) is 16.9. The molecule has 3 N–H and O–H groups in total.